The number of ether oxygens (including phenoxy) is 1. The highest BCUT2D eigenvalue weighted by Crippen LogP contribution is 2.36. The van der Waals surface area contributed by atoms with Gasteiger partial charge in [-0.1, -0.05) is 25.3 Å². The zero-order valence-electron chi connectivity index (χ0n) is 26.1. The van der Waals surface area contributed by atoms with Gasteiger partial charge in [0.05, 0.1) is 6.04 Å². The van der Waals surface area contributed by atoms with Crippen molar-refractivity contribution in [2.75, 3.05) is 13.6 Å². The minimum Gasteiger partial charge on any atom is -0.444 e. The number of carbonyl (C=O) groups excluding carboxylic acids is 3. The van der Waals surface area contributed by atoms with Crippen LogP contribution in [0.1, 0.15) is 89.8 Å². The summed E-state index contributed by atoms with van der Waals surface area (Å²) in [7, 11) is 1.53. The van der Waals surface area contributed by atoms with E-state index in [2.05, 4.69) is 10.3 Å². The molecule has 0 bridgehead atoms. The molecule has 2 aliphatic rings. The molecule has 1 saturated carbocycles. The maximum Gasteiger partial charge on any atom is 0.410 e. The van der Waals surface area contributed by atoms with E-state index in [-0.39, 0.29) is 36.1 Å². The molecule has 3 amide bonds. The van der Waals surface area contributed by atoms with Crippen LogP contribution in [0, 0.1) is 11.7 Å². The number of pyridine rings is 1. The summed E-state index contributed by atoms with van der Waals surface area (Å²) in [5, 5.41) is 3.05. The van der Waals surface area contributed by atoms with Crippen LogP contribution < -0.4 is 11.1 Å². The first-order valence-electron chi connectivity index (χ1n) is 15.4. The fourth-order valence-electron chi connectivity index (χ4n) is 6.15. The average Bonchev–Trinajstić information content (AvgIpc) is 3.48. The Morgan fingerprint density at radius 3 is 2.51 bits per heavy atom. The van der Waals surface area contributed by atoms with Crippen molar-refractivity contribution in [2.24, 2.45) is 11.7 Å². The molecule has 3 atom stereocenters. The Morgan fingerprint density at radius 1 is 1.12 bits per heavy atom. The molecule has 2 fully saturated rings. The molecule has 2 aromatic rings. The predicted molar refractivity (Wildman–Crippen MR) is 163 cm³/mol. The molecule has 1 aromatic carbocycles. The van der Waals surface area contributed by atoms with E-state index in [1.807, 2.05) is 11.0 Å². The third kappa shape index (κ3) is 7.90. The van der Waals surface area contributed by atoms with Crippen molar-refractivity contribution >= 4 is 17.9 Å². The Kier molecular flexibility index (Phi) is 10.4. The molecule has 234 valence electrons. The summed E-state index contributed by atoms with van der Waals surface area (Å²) in [4.78, 5) is 48.0. The first kappa shape index (κ1) is 32.4. The highest BCUT2D eigenvalue weighted by molar-refractivity contribution is 5.91. The number of amides is 3. The van der Waals surface area contributed by atoms with Crippen LogP contribution >= 0.6 is 0 Å². The van der Waals surface area contributed by atoms with Gasteiger partial charge in [-0.3, -0.25) is 19.5 Å². The van der Waals surface area contributed by atoms with E-state index in [0.717, 1.165) is 61.6 Å². The fraction of sp³-hybridized carbons (Fsp3) is 0.576. The summed E-state index contributed by atoms with van der Waals surface area (Å²) < 4.78 is 19.3. The lowest BCUT2D eigenvalue weighted by atomic mass is 9.83. The third-order valence-corrected chi connectivity index (χ3v) is 8.61. The van der Waals surface area contributed by atoms with Crippen molar-refractivity contribution in [1.29, 1.82) is 0 Å². The van der Waals surface area contributed by atoms with Crippen molar-refractivity contribution in [2.45, 2.75) is 103 Å². The van der Waals surface area contributed by atoms with Crippen molar-refractivity contribution in [3.63, 3.8) is 0 Å². The van der Waals surface area contributed by atoms with Crippen LogP contribution in [0.5, 0.6) is 0 Å². The van der Waals surface area contributed by atoms with Crippen LogP contribution in [-0.2, 0) is 20.9 Å². The highest BCUT2D eigenvalue weighted by Gasteiger charge is 2.40. The Bertz CT molecular complexity index is 1310. The Balaban J connectivity index is 1.56. The van der Waals surface area contributed by atoms with Gasteiger partial charge < -0.3 is 20.7 Å². The number of hydrogen-bond acceptors (Lipinski definition) is 6. The van der Waals surface area contributed by atoms with Crippen LogP contribution in [0.4, 0.5) is 9.18 Å². The van der Waals surface area contributed by atoms with Gasteiger partial charge in [-0.05, 0) is 94.2 Å². The normalized spacial score (nSPS) is 19.0. The monoisotopic (exact) mass is 595 g/mol. The molecule has 0 unspecified atom stereocenters. The molecule has 2 heterocycles. The smallest absolute Gasteiger partial charge is 0.410 e. The van der Waals surface area contributed by atoms with Crippen molar-refractivity contribution in [3.8, 4) is 11.1 Å². The van der Waals surface area contributed by atoms with Crippen LogP contribution in [0.2, 0.25) is 0 Å². The minimum atomic E-state index is -0.823. The largest absolute Gasteiger partial charge is 0.444 e. The summed E-state index contributed by atoms with van der Waals surface area (Å²) in [6, 6.07) is 4.84. The number of carbonyl (C=O) groups is 3. The molecule has 0 spiro atoms. The molecule has 3 N–H and O–H groups in total. The molecule has 0 radical (unpaired) electrons. The fourth-order valence-corrected chi connectivity index (χ4v) is 6.15. The predicted octanol–water partition coefficient (Wildman–Crippen LogP) is 5.33. The first-order chi connectivity index (χ1) is 20.4. The lowest BCUT2D eigenvalue weighted by Gasteiger charge is -2.36. The Labute approximate surface area is 254 Å². The van der Waals surface area contributed by atoms with Gasteiger partial charge in [0, 0.05) is 38.1 Å². The van der Waals surface area contributed by atoms with E-state index in [0.29, 0.717) is 12.1 Å². The number of nitrogens with two attached hydrogens (primary N) is 1. The maximum atomic E-state index is 14.3. The van der Waals surface area contributed by atoms with Gasteiger partial charge in [0.1, 0.15) is 23.5 Å². The number of aromatic nitrogens is 1. The Morgan fingerprint density at radius 2 is 1.84 bits per heavy atom. The maximum absolute atomic E-state index is 14.3. The summed E-state index contributed by atoms with van der Waals surface area (Å²) in [5.41, 5.74) is 8.41. The third-order valence-electron chi connectivity index (χ3n) is 8.61. The zero-order chi connectivity index (χ0) is 31.3. The number of likely N-dealkylation sites (N-methyl/N-ethyl adjacent to an activating group) is 1. The van der Waals surface area contributed by atoms with Crippen LogP contribution in [0.15, 0.2) is 36.7 Å². The molecule has 1 saturated heterocycles. The second kappa shape index (κ2) is 13.8. The van der Waals surface area contributed by atoms with Crippen LogP contribution in [-0.4, -0.2) is 64.0 Å². The van der Waals surface area contributed by atoms with Crippen molar-refractivity contribution < 1.29 is 23.5 Å². The number of benzene rings is 1. The van der Waals surface area contributed by atoms with E-state index in [1.54, 1.807) is 46.2 Å². The molecule has 1 aromatic heterocycles. The highest BCUT2D eigenvalue weighted by atomic mass is 19.1. The number of likely N-dealkylation sites (tertiary alicyclic amines) is 1. The topological polar surface area (TPSA) is 118 Å². The molecular formula is C33H46FN5O4. The van der Waals surface area contributed by atoms with E-state index in [1.165, 1.54) is 24.1 Å². The molecule has 43 heavy (non-hydrogen) atoms. The second-order valence-corrected chi connectivity index (χ2v) is 12.9. The lowest BCUT2D eigenvalue weighted by molar-refractivity contribution is -0.140. The quantitative estimate of drug-likeness (QED) is 0.426. The number of halogens is 1. The van der Waals surface area contributed by atoms with Gasteiger partial charge in [0.2, 0.25) is 11.8 Å². The molecule has 1 aliphatic carbocycles. The SMILES string of the molecule is C[C@@H](C(=O)N[C@H](C(=O)N1CCC[C@H]1c1cncc(-c2ccc(F)cc2CN)c1)C1CCCCC1)N(C)C(=O)OC(C)(C)C. The summed E-state index contributed by atoms with van der Waals surface area (Å²) in [6.07, 6.45) is 9.35. The average molecular weight is 596 g/mol. The van der Waals surface area contributed by atoms with Gasteiger partial charge in [0.15, 0.2) is 0 Å². The van der Waals surface area contributed by atoms with Gasteiger partial charge in [-0.2, -0.15) is 0 Å². The molecule has 9 nitrogen and oxygen atoms in total. The lowest BCUT2D eigenvalue weighted by Crippen LogP contribution is -2.56. The summed E-state index contributed by atoms with van der Waals surface area (Å²) in [6.45, 7) is 7.73. The molecule has 1 aliphatic heterocycles. The molecule has 10 heteroatoms. The molecule has 4 rings (SSSR count). The number of rotatable bonds is 8. The van der Waals surface area contributed by atoms with E-state index < -0.39 is 23.8 Å². The van der Waals surface area contributed by atoms with Crippen molar-refractivity contribution in [1.82, 2.24) is 20.1 Å². The first-order valence-corrected chi connectivity index (χ1v) is 15.4. The van der Waals surface area contributed by atoms with Crippen LogP contribution in [0.25, 0.3) is 11.1 Å². The number of hydrogen-bond donors (Lipinski definition) is 2. The summed E-state index contributed by atoms with van der Waals surface area (Å²) >= 11 is 0. The van der Waals surface area contributed by atoms with E-state index >= 15 is 0 Å². The van der Waals surface area contributed by atoms with Gasteiger partial charge in [-0.25, -0.2) is 9.18 Å². The van der Waals surface area contributed by atoms with Gasteiger partial charge in [-0.15, -0.1) is 0 Å². The van der Waals surface area contributed by atoms with Crippen molar-refractivity contribution in [3.05, 3.63) is 53.6 Å². The molecular weight excluding hydrogens is 549 g/mol. The van der Waals surface area contributed by atoms with E-state index in [4.69, 9.17) is 10.5 Å². The minimum absolute atomic E-state index is 0.0151. The van der Waals surface area contributed by atoms with Gasteiger partial charge >= 0.3 is 6.09 Å². The van der Waals surface area contributed by atoms with Crippen LogP contribution in [0.3, 0.4) is 0 Å². The number of nitrogens with one attached hydrogen (secondary N) is 1. The van der Waals surface area contributed by atoms with Gasteiger partial charge in [0.25, 0.3) is 0 Å². The standard InChI is InChI=1S/C33H46FN5O4/c1-21(38(5)32(42)43-33(2,3)4)30(40)37-29(22-10-7-6-8-11-22)31(41)39-15-9-12-28(39)25-16-24(19-36-20-25)27-14-13-26(34)17-23(27)18-35/h13-14,16-17,19-22,28-29H,6-12,15,18,35H2,1-5H3,(H,37,40)/t21-,28-,29-/m0/s1. The zero-order valence-corrected chi connectivity index (χ0v) is 26.1. The number of nitrogens with zero attached hydrogens (tertiary/aromatic N) is 3. The second-order valence-electron chi connectivity index (χ2n) is 12.9. The Hall–Kier alpha value is -3.53. The summed E-state index contributed by atoms with van der Waals surface area (Å²) in [5.74, 6) is -0.823. The van der Waals surface area contributed by atoms with E-state index in [9.17, 15) is 18.8 Å².